The van der Waals surface area contributed by atoms with Crippen LogP contribution in [0.5, 0.6) is 0 Å². The number of rotatable bonds is 5. The molecule has 0 saturated heterocycles. The molecule has 0 spiro atoms. The highest BCUT2D eigenvalue weighted by atomic mass is 16.7. The summed E-state index contributed by atoms with van der Waals surface area (Å²) in [6.45, 7) is 8.29. The van der Waals surface area contributed by atoms with Gasteiger partial charge < -0.3 is 0 Å². The van der Waals surface area contributed by atoms with Crippen molar-refractivity contribution < 1.29 is 9.63 Å². The molecule has 10 heavy (non-hydrogen) atoms. The Morgan fingerprint density at radius 1 is 1.80 bits per heavy atom. The lowest BCUT2D eigenvalue weighted by Crippen LogP contribution is -2.22. The maximum Gasteiger partial charge on any atom is 0.233 e. The van der Waals surface area contributed by atoms with E-state index in [4.69, 9.17) is 4.84 Å². The van der Waals surface area contributed by atoms with Crippen LogP contribution in [0, 0.1) is 0 Å². The molecule has 0 N–H and O–H groups in total. The average Bonchev–Trinajstić information content (AvgIpc) is 1.90. The molecule has 0 aliphatic heterocycles. The number of hydroxylamine groups is 2. The van der Waals surface area contributed by atoms with E-state index in [1.54, 1.807) is 0 Å². The minimum atomic E-state index is 0.409. The fraction of sp³-hybridized carbons (Fsp3) is 0.571. The van der Waals surface area contributed by atoms with Crippen LogP contribution in [0.4, 0.5) is 0 Å². The molecule has 0 heterocycles. The van der Waals surface area contributed by atoms with Gasteiger partial charge in [-0.05, 0) is 13.8 Å². The van der Waals surface area contributed by atoms with E-state index in [1.165, 1.54) is 5.06 Å². The van der Waals surface area contributed by atoms with Crippen LogP contribution in [0.2, 0.25) is 0 Å². The Kier molecular flexibility index (Phi) is 4.58. The van der Waals surface area contributed by atoms with E-state index in [9.17, 15) is 4.79 Å². The molecule has 0 radical (unpaired) electrons. The molecule has 0 aliphatic carbocycles. The number of nitrogens with zero attached hydrogens (tertiary/aromatic N) is 1. The molecule has 0 bridgehead atoms. The highest BCUT2D eigenvalue weighted by Crippen LogP contribution is 1.91. The van der Waals surface area contributed by atoms with Crippen molar-refractivity contribution in [2.45, 2.75) is 13.8 Å². The lowest BCUT2D eigenvalue weighted by atomic mass is 10.4. The van der Waals surface area contributed by atoms with Gasteiger partial charge in [0.15, 0.2) is 0 Å². The fourth-order valence-electron chi connectivity index (χ4n) is 0.389. The Bertz CT molecular complexity index is 123. The first-order valence-electron chi connectivity index (χ1n) is 3.20. The van der Waals surface area contributed by atoms with Crippen LogP contribution < -0.4 is 0 Å². The zero-order valence-electron chi connectivity index (χ0n) is 6.46. The first-order valence-corrected chi connectivity index (χ1v) is 3.20. The molecule has 1 amide bonds. The molecule has 0 rings (SSSR count). The topological polar surface area (TPSA) is 29.5 Å². The Labute approximate surface area is 61.2 Å². The molecule has 0 aromatic heterocycles. The zero-order chi connectivity index (χ0) is 7.98. The van der Waals surface area contributed by atoms with Crippen molar-refractivity contribution in [1.29, 1.82) is 0 Å². The summed E-state index contributed by atoms with van der Waals surface area (Å²) in [6.07, 6.45) is 0.656. The molecule has 0 atom stereocenters. The molecule has 58 valence electrons. The summed E-state index contributed by atoms with van der Waals surface area (Å²) in [5.74, 6) is 0. The lowest BCUT2D eigenvalue weighted by Gasteiger charge is -2.13. The summed E-state index contributed by atoms with van der Waals surface area (Å²) in [5, 5.41) is 1.23. The van der Waals surface area contributed by atoms with Crippen LogP contribution in [0.25, 0.3) is 0 Å². The summed E-state index contributed by atoms with van der Waals surface area (Å²) in [4.78, 5) is 15.1. The molecule has 0 aromatic carbocycles. The maximum atomic E-state index is 10.1. The number of carbonyl (C=O) groups excluding carboxylic acids is 1. The van der Waals surface area contributed by atoms with Crippen molar-refractivity contribution in [1.82, 2.24) is 5.06 Å². The second-order valence-corrected chi connectivity index (χ2v) is 2.07. The van der Waals surface area contributed by atoms with Gasteiger partial charge in [-0.15, -0.1) is 0 Å². The summed E-state index contributed by atoms with van der Waals surface area (Å²) < 4.78 is 0. The van der Waals surface area contributed by atoms with Gasteiger partial charge in [-0.25, -0.2) is 5.06 Å². The van der Waals surface area contributed by atoms with Crippen molar-refractivity contribution in [3.05, 3.63) is 12.2 Å². The average molecular weight is 143 g/mol. The Morgan fingerprint density at radius 3 is 2.70 bits per heavy atom. The zero-order valence-corrected chi connectivity index (χ0v) is 6.46. The van der Waals surface area contributed by atoms with Gasteiger partial charge in [-0.2, -0.15) is 0 Å². The van der Waals surface area contributed by atoms with Gasteiger partial charge in [0, 0.05) is 6.54 Å². The first kappa shape index (κ1) is 9.17. The summed E-state index contributed by atoms with van der Waals surface area (Å²) in [6, 6.07) is 0. The van der Waals surface area contributed by atoms with E-state index in [1.807, 2.05) is 13.8 Å². The van der Waals surface area contributed by atoms with Gasteiger partial charge in [-0.1, -0.05) is 12.2 Å². The SMILES string of the molecule is C=C(C)CON(C=O)CC. The molecule has 0 unspecified atom stereocenters. The predicted molar refractivity (Wildman–Crippen MR) is 39.2 cm³/mol. The molecular formula is C7H13NO2. The number of amides is 1. The number of hydrogen-bond acceptors (Lipinski definition) is 2. The van der Waals surface area contributed by atoms with Crippen LogP contribution in [-0.2, 0) is 9.63 Å². The molecule has 0 aromatic rings. The Balaban J connectivity index is 3.44. The number of hydrogen-bond donors (Lipinski definition) is 0. The van der Waals surface area contributed by atoms with Gasteiger partial charge in [0.2, 0.25) is 6.41 Å². The van der Waals surface area contributed by atoms with E-state index in [2.05, 4.69) is 6.58 Å². The van der Waals surface area contributed by atoms with Gasteiger partial charge in [0.25, 0.3) is 0 Å². The molecule has 3 heteroatoms. The minimum absolute atomic E-state index is 0.409. The van der Waals surface area contributed by atoms with Crippen LogP contribution in [0.1, 0.15) is 13.8 Å². The van der Waals surface area contributed by atoms with E-state index in [0.717, 1.165) is 5.57 Å². The van der Waals surface area contributed by atoms with Gasteiger partial charge in [-0.3, -0.25) is 9.63 Å². The van der Waals surface area contributed by atoms with E-state index in [0.29, 0.717) is 19.6 Å². The highest BCUT2D eigenvalue weighted by molar-refractivity contribution is 5.44. The van der Waals surface area contributed by atoms with Crippen LogP contribution in [0.15, 0.2) is 12.2 Å². The molecule has 3 nitrogen and oxygen atoms in total. The summed E-state index contributed by atoms with van der Waals surface area (Å²) >= 11 is 0. The maximum absolute atomic E-state index is 10.1. The largest absolute Gasteiger partial charge is 0.276 e. The molecular weight excluding hydrogens is 130 g/mol. The molecule has 0 saturated carbocycles. The monoisotopic (exact) mass is 143 g/mol. The van der Waals surface area contributed by atoms with Crippen LogP contribution >= 0.6 is 0 Å². The lowest BCUT2D eigenvalue weighted by molar-refractivity contribution is -0.166. The van der Waals surface area contributed by atoms with Crippen LogP contribution in [-0.4, -0.2) is 24.6 Å². The quantitative estimate of drug-likeness (QED) is 0.326. The third kappa shape index (κ3) is 4.09. The van der Waals surface area contributed by atoms with Crippen molar-refractivity contribution in [3.8, 4) is 0 Å². The van der Waals surface area contributed by atoms with E-state index in [-0.39, 0.29) is 0 Å². The second-order valence-electron chi connectivity index (χ2n) is 2.07. The van der Waals surface area contributed by atoms with Crippen molar-refractivity contribution in [2.75, 3.05) is 13.2 Å². The van der Waals surface area contributed by atoms with Crippen molar-refractivity contribution in [3.63, 3.8) is 0 Å². The summed E-state index contributed by atoms with van der Waals surface area (Å²) in [5.41, 5.74) is 0.903. The standard InChI is InChI=1S/C7H13NO2/c1-4-8(6-9)10-5-7(2)3/h6H,2,4-5H2,1,3H3. The first-order chi connectivity index (χ1) is 4.70. The number of carbonyl (C=O) groups is 1. The van der Waals surface area contributed by atoms with Crippen molar-refractivity contribution >= 4 is 6.41 Å². The molecule has 0 aliphatic rings. The van der Waals surface area contributed by atoms with Crippen molar-refractivity contribution in [2.24, 2.45) is 0 Å². The van der Waals surface area contributed by atoms with Gasteiger partial charge >= 0.3 is 0 Å². The van der Waals surface area contributed by atoms with Crippen LogP contribution in [0.3, 0.4) is 0 Å². The minimum Gasteiger partial charge on any atom is -0.276 e. The fourth-order valence-corrected chi connectivity index (χ4v) is 0.389. The summed E-state index contributed by atoms with van der Waals surface area (Å²) in [7, 11) is 0. The Hall–Kier alpha value is -0.830. The van der Waals surface area contributed by atoms with Gasteiger partial charge in [0.05, 0.1) is 6.61 Å². The third-order valence-corrected chi connectivity index (χ3v) is 0.906. The smallest absolute Gasteiger partial charge is 0.233 e. The normalized spacial score (nSPS) is 9.00. The Morgan fingerprint density at radius 2 is 2.40 bits per heavy atom. The predicted octanol–water partition coefficient (Wildman–Crippen LogP) is 0.972. The van der Waals surface area contributed by atoms with E-state index >= 15 is 0 Å². The molecule has 0 fully saturated rings. The van der Waals surface area contributed by atoms with E-state index < -0.39 is 0 Å². The van der Waals surface area contributed by atoms with Gasteiger partial charge in [0.1, 0.15) is 0 Å². The highest BCUT2D eigenvalue weighted by Gasteiger charge is 1.95. The third-order valence-electron chi connectivity index (χ3n) is 0.906. The second kappa shape index (κ2) is 4.99.